The van der Waals surface area contributed by atoms with Crippen molar-refractivity contribution in [3.8, 4) is 0 Å². The maximum atomic E-state index is 13.9. The van der Waals surface area contributed by atoms with Gasteiger partial charge < -0.3 is 5.32 Å². The average molecular weight is 309 g/mol. The summed E-state index contributed by atoms with van der Waals surface area (Å²) in [5.74, 6) is -0.648. The van der Waals surface area contributed by atoms with Crippen molar-refractivity contribution in [3.05, 3.63) is 69.0 Å². The Hall–Kier alpha value is -2.14. The zero-order valence-electron chi connectivity index (χ0n) is 11.3. The van der Waals surface area contributed by atoms with Gasteiger partial charge in [-0.2, -0.15) is 0 Å². The molecule has 0 bridgehead atoms. The van der Waals surface area contributed by atoms with E-state index in [9.17, 15) is 14.5 Å². The number of hydrogen-bond acceptors (Lipinski definition) is 3. The summed E-state index contributed by atoms with van der Waals surface area (Å²) >= 11 is 5.96. The molecule has 110 valence electrons. The zero-order valence-corrected chi connectivity index (χ0v) is 12.1. The minimum Gasteiger partial charge on any atom is -0.376 e. The monoisotopic (exact) mass is 308 g/mol. The van der Waals surface area contributed by atoms with Gasteiger partial charge in [0.2, 0.25) is 0 Å². The van der Waals surface area contributed by atoms with Crippen LogP contribution in [0.25, 0.3) is 0 Å². The molecule has 21 heavy (non-hydrogen) atoms. The molecule has 0 saturated heterocycles. The van der Waals surface area contributed by atoms with Gasteiger partial charge in [-0.05, 0) is 30.2 Å². The predicted molar refractivity (Wildman–Crippen MR) is 81.2 cm³/mol. The van der Waals surface area contributed by atoms with Crippen molar-refractivity contribution in [2.45, 2.75) is 19.4 Å². The Labute approximate surface area is 126 Å². The maximum absolute atomic E-state index is 13.9. The van der Waals surface area contributed by atoms with Crippen LogP contribution in [-0.4, -0.2) is 4.92 Å². The van der Waals surface area contributed by atoms with Crippen molar-refractivity contribution in [1.82, 2.24) is 0 Å². The Balaban J connectivity index is 2.25. The van der Waals surface area contributed by atoms with Crippen molar-refractivity contribution in [2.24, 2.45) is 0 Å². The molecular weight excluding hydrogens is 295 g/mol. The number of nitrogens with zero attached hydrogens (tertiary/aromatic N) is 1. The SMILES string of the molecule is CCC(Nc1ccc([N+](=O)[O-])cc1F)c1cccc(Cl)c1. The summed E-state index contributed by atoms with van der Waals surface area (Å²) in [5, 5.41) is 14.3. The van der Waals surface area contributed by atoms with Crippen LogP contribution in [0.3, 0.4) is 0 Å². The Morgan fingerprint density at radius 2 is 2.10 bits per heavy atom. The Bertz CT molecular complexity index is 664. The molecule has 1 N–H and O–H groups in total. The Morgan fingerprint density at radius 1 is 1.33 bits per heavy atom. The van der Waals surface area contributed by atoms with Crippen LogP contribution in [0, 0.1) is 15.9 Å². The second kappa shape index (κ2) is 6.54. The smallest absolute Gasteiger partial charge is 0.272 e. The van der Waals surface area contributed by atoms with E-state index in [2.05, 4.69) is 5.32 Å². The van der Waals surface area contributed by atoms with Gasteiger partial charge in [-0.15, -0.1) is 0 Å². The van der Waals surface area contributed by atoms with Gasteiger partial charge >= 0.3 is 0 Å². The molecule has 0 aliphatic rings. The van der Waals surface area contributed by atoms with E-state index in [0.717, 1.165) is 18.1 Å². The van der Waals surface area contributed by atoms with Gasteiger partial charge in [0, 0.05) is 11.1 Å². The third kappa shape index (κ3) is 3.70. The summed E-state index contributed by atoms with van der Waals surface area (Å²) in [4.78, 5) is 9.98. The first-order valence-electron chi connectivity index (χ1n) is 6.47. The molecule has 0 fully saturated rings. The molecular formula is C15H14ClFN2O2. The molecule has 1 atom stereocenters. The molecule has 6 heteroatoms. The van der Waals surface area contributed by atoms with E-state index >= 15 is 0 Å². The molecule has 0 spiro atoms. The number of halogens is 2. The molecule has 0 heterocycles. The third-order valence-corrected chi connectivity index (χ3v) is 3.39. The van der Waals surface area contributed by atoms with Crippen LogP contribution in [0.5, 0.6) is 0 Å². The molecule has 4 nitrogen and oxygen atoms in total. The minimum atomic E-state index is -0.648. The second-order valence-electron chi connectivity index (χ2n) is 4.58. The number of non-ortho nitro benzene ring substituents is 1. The first-order chi connectivity index (χ1) is 10.0. The van der Waals surface area contributed by atoms with Crippen LogP contribution in [0.2, 0.25) is 5.02 Å². The van der Waals surface area contributed by atoms with E-state index in [4.69, 9.17) is 11.6 Å². The summed E-state index contributed by atoms with van der Waals surface area (Å²) in [7, 11) is 0. The van der Waals surface area contributed by atoms with E-state index in [1.165, 1.54) is 12.1 Å². The normalized spacial score (nSPS) is 12.0. The highest BCUT2D eigenvalue weighted by atomic mass is 35.5. The second-order valence-corrected chi connectivity index (χ2v) is 5.02. The fourth-order valence-electron chi connectivity index (χ4n) is 2.07. The standard InChI is InChI=1S/C15H14ClFN2O2/c1-2-14(10-4-3-5-11(16)8-10)18-15-7-6-12(19(20)21)9-13(15)17/h3-9,14,18H,2H2,1H3. The first-order valence-corrected chi connectivity index (χ1v) is 6.85. The van der Waals surface area contributed by atoms with E-state index in [1.54, 1.807) is 6.07 Å². The van der Waals surface area contributed by atoms with Crippen molar-refractivity contribution in [1.29, 1.82) is 0 Å². The van der Waals surface area contributed by atoms with E-state index in [1.807, 2.05) is 25.1 Å². The summed E-state index contributed by atoms with van der Waals surface area (Å²) in [6.07, 6.45) is 0.719. The lowest BCUT2D eigenvalue weighted by Crippen LogP contribution is -2.11. The molecule has 2 aromatic rings. The zero-order chi connectivity index (χ0) is 15.4. The Kier molecular flexibility index (Phi) is 4.75. The molecule has 0 amide bonds. The predicted octanol–water partition coefficient (Wildman–Crippen LogP) is 4.95. The third-order valence-electron chi connectivity index (χ3n) is 3.15. The Morgan fingerprint density at radius 3 is 2.67 bits per heavy atom. The summed E-state index contributed by atoms with van der Waals surface area (Å²) < 4.78 is 13.9. The van der Waals surface area contributed by atoms with Gasteiger partial charge in [-0.25, -0.2) is 4.39 Å². The molecule has 0 radical (unpaired) electrons. The van der Waals surface area contributed by atoms with Crippen LogP contribution >= 0.6 is 11.6 Å². The molecule has 0 aliphatic carbocycles. The summed E-state index contributed by atoms with van der Waals surface area (Å²) in [6, 6.07) is 10.7. The van der Waals surface area contributed by atoms with Gasteiger partial charge in [-0.3, -0.25) is 10.1 Å². The van der Waals surface area contributed by atoms with Crippen LogP contribution in [0.1, 0.15) is 24.9 Å². The van der Waals surface area contributed by atoms with E-state index in [0.29, 0.717) is 5.02 Å². The van der Waals surface area contributed by atoms with Gasteiger partial charge in [0.25, 0.3) is 5.69 Å². The van der Waals surface area contributed by atoms with Crippen molar-refractivity contribution in [2.75, 3.05) is 5.32 Å². The molecule has 0 saturated carbocycles. The van der Waals surface area contributed by atoms with Crippen molar-refractivity contribution in [3.63, 3.8) is 0 Å². The van der Waals surface area contributed by atoms with Gasteiger partial charge in [0.05, 0.1) is 22.7 Å². The highest BCUT2D eigenvalue weighted by molar-refractivity contribution is 6.30. The molecule has 0 aromatic heterocycles. The van der Waals surface area contributed by atoms with Crippen LogP contribution < -0.4 is 5.32 Å². The first kappa shape index (κ1) is 15.3. The van der Waals surface area contributed by atoms with Gasteiger partial charge in [0.1, 0.15) is 0 Å². The number of nitro groups is 1. The maximum Gasteiger partial charge on any atom is 0.272 e. The molecule has 1 unspecified atom stereocenters. The van der Waals surface area contributed by atoms with Gasteiger partial charge in [-0.1, -0.05) is 30.7 Å². The number of anilines is 1. The van der Waals surface area contributed by atoms with Crippen LogP contribution in [0.15, 0.2) is 42.5 Å². The minimum absolute atomic E-state index is 0.125. The summed E-state index contributed by atoms with van der Waals surface area (Å²) in [5.41, 5.74) is 0.893. The van der Waals surface area contributed by atoms with Crippen LogP contribution in [-0.2, 0) is 0 Å². The molecule has 2 rings (SSSR count). The number of nitro benzene ring substituents is 1. The quantitative estimate of drug-likeness (QED) is 0.628. The number of nitrogens with one attached hydrogen (secondary N) is 1. The molecule has 0 aliphatic heterocycles. The largest absolute Gasteiger partial charge is 0.376 e. The lowest BCUT2D eigenvalue weighted by molar-refractivity contribution is -0.385. The number of rotatable bonds is 5. The fraction of sp³-hybridized carbons (Fsp3) is 0.200. The lowest BCUT2D eigenvalue weighted by atomic mass is 10.0. The van der Waals surface area contributed by atoms with Crippen molar-refractivity contribution >= 4 is 23.0 Å². The fourth-order valence-corrected chi connectivity index (χ4v) is 2.27. The molecule has 2 aromatic carbocycles. The average Bonchev–Trinajstić information content (AvgIpc) is 2.45. The van der Waals surface area contributed by atoms with E-state index in [-0.39, 0.29) is 17.4 Å². The number of hydrogen-bond donors (Lipinski definition) is 1. The summed E-state index contributed by atoms with van der Waals surface area (Å²) in [6.45, 7) is 1.96. The van der Waals surface area contributed by atoms with Crippen LogP contribution in [0.4, 0.5) is 15.8 Å². The topological polar surface area (TPSA) is 55.2 Å². The van der Waals surface area contributed by atoms with Crippen molar-refractivity contribution < 1.29 is 9.31 Å². The van der Waals surface area contributed by atoms with E-state index < -0.39 is 10.7 Å². The number of benzene rings is 2. The lowest BCUT2D eigenvalue weighted by Gasteiger charge is -2.19. The highest BCUT2D eigenvalue weighted by Crippen LogP contribution is 2.27. The highest BCUT2D eigenvalue weighted by Gasteiger charge is 2.15. The van der Waals surface area contributed by atoms with Gasteiger partial charge in [0.15, 0.2) is 5.82 Å².